The van der Waals surface area contributed by atoms with Crippen molar-refractivity contribution >= 4 is 35.6 Å². The first-order valence-electron chi connectivity index (χ1n) is 11.2. The third-order valence-corrected chi connectivity index (χ3v) is 5.70. The van der Waals surface area contributed by atoms with E-state index in [2.05, 4.69) is 48.9 Å². The van der Waals surface area contributed by atoms with Gasteiger partial charge >= 0.3 is 0 Å². The van der Waals surface area contributed by atoms with Gasteiger partial charge in [-0.3, -0.25) is 0 Å². The Labute approximate surface area is 212 Å². The number of hydrogen-bond acceptors (Lipinski definition) is 5. The summed E-state index contributed by atoms with van der Waals surface area (Å²) in [7, 11) is 0. The van der Waals surface area contributed by atoms with E-state index in [1.54, 1.807) is 12.4 Å². The lowest BCUT2D eigenvalue weighted by Gasteiger charge is -2.38. The predicted molar refractivity (Wildman–Crippen MR) is 142 cm³/mol. The number of halogens is 1. The highest BCUT2D eigenvalue weighted by Crippen LogP contribution is 2.27. The van der Waals surface area contributed by atoms with Gasteiger partial charge in [0.25, 0.3) is 0 Å². The fourth-order valence-electron chi connectivity index (χ4n) is 3.94. The molecule has 1 aromatic heterocycles. The van der Waals surface area contributed by atoms with Gasteiger partial charge in [0.15, 0.2) is 5.96 Å². The lowest BCUT2D eigenvalue weighted by molar-refractivity contribution is 0.368. The summed E-state index contributed by atoms with van der Waals surface area (Å²) in [5.41, 5.74) is 2.08. The summed E-state index contributed by atoms with van der Waals surface area (Å²) in [6.07, 6.45) is 2.65. The molecule has 3 aromatic rings. The minimum atomic E-state index is 0. The number of aromatic nitrogens is 3. The molecule has 0 amide bonds. The Morgan fingerprint density at radius 2 is 1.76 bits per heavy atom. The van der Waals surface area contributed by atoms with E-state index < -0.39 is 0 Å². The molecule has 9 heteroatoms. The fourth-order valence-corrected chi connectivity index (χ4v) is 3.94. The molecule has 2 heterocycles. The van der Waals surface area contributed by atoms with Crippen molar-refractivity contribution < 1.29 is 5.11 Å². The normalized spacial score (nSPS) is 14.2. The van der Waals surface area contributed by atoms with Gasteiger partial charge in [-0.25, -0.2) is 4.99 Å². The molecule has 2 aromatic carbocycles. The van der Waals surface area contributed by atoms with Crippen molar-refractivity contribution in [1.29, 1.82) is 0 Å². The van der Waals surface area contributed by atoms with E-state index in [1.807, 2.05) is 36.4 Å². The van der Waals surface area contributed by atoms with Crippen LogP contribution in [0.2, 0.25) is 0 Å². The second kappa shape index (κ2) is 12.4. The average molecular weight is 561 g/mol. The smallest absolute Gasteiger partial charge is 0.194 e. The first kappa shape index (κ1) is 24.8. The van der Waals surface area contributed by atoms with E-state index in [4.69, 9.17) is 4.99 Å². The number of para-hydroxylation sites is 2. The number of rotatable bonds is 7. The summed E-state index contributed by atoms with van der Waals surface area (Å²) in [4.78, 5) is 9.44. The molecule has 0 aliphatic carbocycles. The molecule has 33 heavy (non-hydrogen) atoms. The van der Waals surface area contributed by atoms with Crippen LogP contribution in [-0.2, 0) is 19.5 Å². The van der Waals surface area contributed by atoms with Crippen LogP contribution in [0.1, 0.15) is 18.3 Å². The quantitative estimate of drug-likeness (QED) is 0.262. The third-order valence-electron chi connectivity index (χ3n) is 5.70. The van der Waals surface area contributed by atoms with Crippen LogP contribution in [0.25, 0.3) is 0 Å². The van der Waals surface area contributed by atoms with Crippen molar-refractivity contribution in [2.75, 3.05) is 37.6 Å². The van der Waals surface area contributed by atoms with Crippen LogP contribution in [0, 0.1) is 0 Å². The van der Waals surface area contributed by atoms with Gasteiger partial charge in [-0.15, -0.1) is 34.2 Å². The Kier molecular flexibility index (Phi) is 9.35. The molecule has 1 aliphatic heterocycles. The predicted octanol–water partition coefficient (Wildman–Crippen LogP) is 3.13. The Bertz CT molecular complexity index is 1020. The molecule has 1 fully saturated rings. The summed E-state index contributed by atoms with van der Waals surface area (Å²) in [6.45, 7) is 7.59. The number of anilines is 1. The third kappa shape index (κ3) is 6.59. The summed E-state index contributed by atoms with van der Waals surface area (Å²) in [5.74, 6) is 2.24. The van der Waals surface area contributed by atoms with Crippen LogP contribution in [0.3, 0.4) is 0 Å². The molecule has 0 spiro atoms. The van der Waals surface area contributed by atoms with Gasteiger partial charge in [-0.1, -0.05) is 49.4 Å². The fraction of sp³-hybridized carbons (Fsp3) is 0.375. The standard InChI is InChI=1S/C24H31N7O.HI/c1-2-23-28-27-19-31(23)13-12-25-24(26-18-20-8-4-3-5-9-20)30-16-14-29(15-17-30)21-10-6-7-11-22(21)32;/h3-11,19,32H,2,12-18H2,1H3,(H,25,26);1H. The first-order valence-corrected chi connectivity index (χ1v) is 11.2. The molecule has 0 unspecified atom stereocenters. The summed E-state index contributed by atoms with van der Waals surface area (Å²) < 4.78 is 2.08. The molecule has 2 N–H and O–H groups in total. The van der Waals surface area contributed by atoms with E-state index in [0.717, 1.165) is 63.2 Å². The molecule has 1 saturated heterocycles. The van der Waals surface area contributed by atoms with E-state index in [-0.39, 0.29) is 24.0 Å². The Morgan fingerprint density at radius 1 is 1.03 bits per heavy atom. The van der Waals surface area contributed by atoms with Crippen LogP contribution in [-0.4, -0.2) is 63.5 Å². The molecule has 0 saturated carbocycles. The first-order chi connectivity index (χ1) is 15.7. The van der Waals surface area contributed by atoms with Gasteiger partial charge in [0.1, 0.15) is 17.9 Å². The highest BCUT2D eigenvalue weighted by atomic mass is 127. The van der Waals surface area contributed by atoms with Crippen molar-refractivity contribution in [2.24, 2.45) is 4.99 Å². The molecule has 0 radical (unpaired) electrons. The van der Waals surface area contributed by atoms with E-state index in [1.165, 1.54) is 5.56 Å². The van der Waals surface area contributed by atoms with Gasteiger partial charge < -0.3 is 24.8 Å². The minimum absolute atomic E-state index is 0. The van der Waals surface area contributed by atoms with Crippen molar-refractivity contribution in [1.82, 2.24) is 25.0 Å². The zero-order valence-electron chi connectivity index (χ0n) is 19.0. The minimum Gasteiger partial charge on any atom is -0.506 e. The summed E-state index contributed by atoms with van der Waals surface area (Å²) >= 11 is 0. The van der Waals surface area contributed by atoms with Gasteiger partial charge in [0, 0.05) is 45.7 Å². The number of aryl methyl sites for hydroxylation is 1. The second-order valence-electron chi connectivity index (χ2n) is 7.81. The summed E-state index contributed by atoms with van der Waals surface area (Å²) in [6, 6.07) is 17.8. The number of guanidine groups is 1. The number of piperazine rings is 1. The number of nitrogens with one attached hydrogen (secondary N) is 1. The van der Waals surface area contributed by atoms with Crippen molar-refractivity contribution in [2.45, 2.75) is 26.4 Å². The second-order valence-corrected chi connectivity index (χ2v) is 7.81. The number of aromatic hydroxyl groups is 1. The lowest BCUT2D eigenvalue weighted by Crippen LogP contribution is -2.53. The Morgan fingerprint density at radius 3 is 2.48 bits per heavy atom. The zero-order valence-corrected chi connectivity index (χ0v) is 21.3. The molecule has 176 valence electrons. The van der Waals surface area contributed by atoms with Gasteiger partial charge in [0.2, 0.25) is 0 Å². The van der Waals surface area contributed by atoms with Crippen molar-refractivity contribution in [3.05, 3.63) is 72.3 Å². The SMILES string of the molecule is CCc1nncn1CCNC(=NCc1ccccc1)N1CCN(c2ccccc2O)CC1.I. The number of phenols is 1. The number of phenolic OH excluding ortho intramolecular Hbond substituents is 1. The molecule has 0 atom stereocenters. The zero-order chi connectivity index (χ0) is 22.2. The number of hydrogen-bond donors (Lipinski definition) is 2. The number of benzene rings is 2. The van der Waals surface area contributed by atoms with Crippen molar-refractivity contribution in [3.63, 3.8) is 0 Å². The molecular formula is C24H32IN7O. The number of nitrogens with zero attached hydrogens (tertiary/aromatic N) is 6. The highest BCUT2D eigenvalue weighted by molar-refractivity contribution is 14.0. The van der Waals surface area contributed by atoms with Crippen LogP contribution in [0.15, 0.2) is 65.9 Å². The van der Waals surface area contributed by atoms with Crippen LogP contribution in [0.5, 0.6) is 5.75 Å². The van der Waals surface area contributed by atoms with E-state index >= 15 is 0 Å². The molecule has 1 aliphatic rings. The van der Waals surface area contributed by atoms with E-state index in [9.17, 15) is 5.11 Å². The Balaban J connectivity index is 0.00000306. The Hall–Kier alpha value is -2.82. The molecule has 0 bridgehead atoms. The van der Waals surface area contributed by atoms with Crippen LogP contribution >= 0.6 is 24.0 Å². The van der Waals surface area contributed by atoms with Gasteiger partial charge in [0.05, 0.1) is 12.2 Å². The van der Waals surface area contributed by atoms with Crippen LogP contribution in [0.4, 0.5) is 5.69 Å². The van der Waals surface area contributed by atoms with Gasteiger partial charge in [-0.05, 0) is 17.7 Å². The maximum Gasteiger partial charge on any atom is 0.194 e. The molecule has 8 nitrogen and oxygen atoms in total. The van der Waals surface area contributed by atoms with Crippen LogP contribution < -0.4 is 10.2 Å². The van der Waals surface area contributed by atoms with Crippen molar-refractivity contribution in [3.8, 4) is 5.75 Å². The highest BCUT2D eigenvalue weighted by Gasteiger charge is 2.21. The topological polar surface area (TPSA) is 81.8 Å². The lowest BCUT2D eigenvalue weighted by atomic mass is 10.2. The number of aliphatic imine (C=N–C) groups is 1. The monoisotopic (exact) mass is 561 g/mol. The molecule has 4 rings (SSSR count). The maximum atomic E-state index is 10.2. The average Bonchev–Trinajstić information content (AvgIpc) is 3.30. The summed E-state index contributed by atoms with van der Waals surface area (Å²) in [5, 5.41) is 21.9. The van der Waals surface area contributed by atoms with E-state index in [0.29, 0.717) is 12.3 Å². The maximum absolute atomic E-state index is 10.2. The largest absolute Gasteiger partial charge is 0.506 e. The molecular weight excluding hydrogens is 529 g/mol. The van der Waals surface area contributed by atoms with Gasteiger partial charge in [-0.2, -0.15) is 0 Å².